The number of aliphatic imine (C=N–C) groups is 1. The van der Waals surface area contributed by atoms with E-state index in [9.17, 15) is 0 Å². The Morgan fingerprint density at radius 1 is 1.22 bits per heavy atom. The van der Waals surface area contributed by atoms with Crippen LogP contribution in [0.4, 0.5) is 5.69 Å². The molecule has 4 N–H and O–H groups in total. The highest BCUT2D eigenvalue weighted by atomic mass is 15.1. The van der Waals surface area contributed by atoms with Crippen LogP contribution >= 0.6 is 0 Å². The van der Waals surface area contributed by atoms with Crippen molar-refractivity contribution in [2.75, 3.05) is 18.4 Å². The fraction of sp³-hybridized carbons (Fsp3) is 0.500. The van der Waals surface area contributed by atoms with Crippen molar-refractivity contribution in [1.82, 2.24) is 5.32 Å². The van der Waals surface area contributed by atoms with Crippen LogP contribution in [0.3, 0.4) is 0 Å². The molecule has 0 saturated heterocycles. The Balaban J connectivity index is 2.36. The molecule has 0 bridgehead atoms. The lowest BCUT2D eigenvalue weighted by molar-refractivity contribution is 0.433. The summed E-state index contributed by atoms with van der Waals surface area (Å²) in [6.45, 7) is 9.93. The van der Waals surface area contributed by atoms with Gasteiger partial charge in [-0.15, -0.1) is 0 Å². The van der Waals surface area contributed by atoms with Crippen molar-refractivity contribution in [2.24, 2.45) is 10.7 Å². The van der Waals surface area contributed by atoms with E-state index < -0.39 is 0 Å². The molecule has 0 atom stereocenters. The molecule has 0 unspecified atom stereocenters. The summed E-state index contributed by atoms with van der Waals surface area (Å²) in [5.41, 5.74) is 8.12. The number of aryl methyl sites for hydroxylation is 1. The van der Waals surface area contributed by atoms with E-state index in [0.717, 1.165) is 12.2 Å². The Morgan fingerprint density at radius 3 is 2.39 bits per heavy atom. The second-order valence-corrected chi connectivity index (χ2v) is 5.43. The van der Waals surface area contributed by atoms with E-state index in [1.807, 2.05) is 24.3 Å². The van der Waals surface area contributed by atoms with E-state index in [-0.39, 0.29) is 5.54 Å². The summed E-state index contributed by atoms with van der Waals surface area (Å²) in [6, 6.07) is 8.06. The summed E-state index contributed by atoms with van der Waals surface area (Å²) in [4.78, 5) is 4.27. The van der Waals surface area contributed by atoms with E-state index in [4.69, 9.17) is 5.73 Å². The fourth-order valence-corrected chi connectivity index (χ4v) is 1.43. The van der Waals surface area contributed by atoms with Crippen molar-refractivity contribution in [2.45, 2.75) is 33.2 Å². The number of hydrogen-bond acceptors (Lipinski definition) is 2. The van der Waals surface area contributed by atoms with Crippen molar-refractivity contribution in [3.8, 4) is 0 Å². The maximum absolute atomic E-state index is 5.80. The topological polar surface area (TPSA) is 62.4 Å². The van der Waals surface area contributed by atoms with Gasteiger partial charge in [0.2, 0.25) is 0 Å². The normalized spacial score (nSPS) is 12.6. The Kier molecular flexibility index (Phi) is 5.16. The van der Waals surface area contributed by atoms with Crippen LogP contribution in [0.2, 0.25) is 0 Å². The minimum Gasteiger partial charge on any atom is -0.370 e. The number of anilines is 1. The molecule has 0 aliphatic carbocycles. The van der Waals surface area contributed by atoms with Crippen LogP contribution in [0, 0.1) is 6.92 Å². The van der Waals surface area contributed by atoms with Crippen LogP contribution in [-0.2, 0) is 0 Å². The predicted octanol–water partition coefficient (Wildman–Crippen LogP) is 2.11. The standard InChI is InChI=1S/C14H24N4/c1-11-5-7-12(8-6-11)18-13(15)16-9-10-17-14(2,3)4/h5-8,17H,9-10H2,1-4H3,(H3,15,16,18). The van der Waals surface area contributed by atoms with Crippen LogP contribution in [0.15, 0.2) is 29.3 Å². The number of rotatable bonds is 4. The van der Waals surface area contributed by atoms with E-state index in [0.29, 0.717) is 12.5 Å². The first-order valence-electron chi connectivity index (χ1n) is 6.25. The van der Waals surface area contributed by atoms with Crippen LogP contribution < -0.4 is 16.4 Å². The van der Waals surface area contributed by atoms with Crippen molar-refractivity contribution in [3.63, 3.8) is 0 Å². The molecule has 1 rings (SSSR count). The molecular formula is C14H24N4. The lowest BCUT2D eigenvalue weighted by atomic mass is 10.1. The SMILES string of the molecule is Cc1ccc(NC(N)=NCCNC(C)(C)C)cc1. The molecule has 0 spiro atoms. The van der Waals surface area contributed by atoms with Gasteiger partial charge in [0.25, 0.3) is 0 Å². The molecule has 4 heteroatoms. The first-order valence-corrected chi connectivity index (χ1v) is 6.25. The van der Waals surface area contributed by atoms with Gasteiger partial charge in [-0.05, 0) is 39.8 Å². The highest BCUT2D eigenvalue weighted by Crippen LogP contribution is 2.07. The lowest BCUT2D eigenvalue weighted by Gasteiger charge is -2.19. The van der Waals surface area contributed by atoms with E-state index in [1.54, 1.807) is 0 Å². The average Bonchev–Trinajstić information content (AvgIpc) is 2.26. The third-order valence-electron chi connectivity index (χ3n) is 2.37. The van der Waals surface area contributed by atoms with Crippen molar-refractivity contribution in [1.29, 1.82) is 0 Å². The molecule has 1 aromatic rings. The van der Waals surface area contributed by atoms with Gasteiger partial charge in [-0.2, -0.15) is 0 Å². The number of nitrogens with zero attached hydrogens (tertiary/aromatic N) is 1. The molecule has 0 aliphatic rings. The van der Waals surface area contributed by atoms with E-state index in [1.165, 1.54) is 5.56 Å². The number of nitrogens with two attached hydrogens (primary N) is 1. The van der Waals surface area contributed by atoms with Gasteiger partial charge in [-0.3, -0.25) is 4.99 Å². The third kappa shape index (κ3) is 6.25. The quantitative estimate of drug-likeness (QED) is 0.434. The van der Waals surface area contributed by atoms with Crippen molar-refractivity contribution >= 4 is 11.6 Å². The largest absolute Gasteiger partial charge is 0.370 e. The minimum absolute atomic E-state index is 0.120. The van der Waals surface area contributed by atoms with Gasteiger partial charge >= 0.3 is 0 Å². The van der Waals surface area contributed by atoms with E-state index >= 15 is 0 Å². The summed E-state index contributed by atoms with van der Waals surface area (Å²) in [6.07, 6.45) is 0. The molecule has 0 saturated carbocycles. The Morgan fingerprint density at radius 2 is 1.83 bits per heavy atom. The molecule has 0 aliphatic heterocycles. The van der Waals surface area contributed by atoms with Gasteiger partial charge in [-0.25, -0.2) is 0 Å². The summed E-state index contributed by atoms with van der Waals surface area (Å²) < 4.78 is 0. The second kappa shape index (κ2) is 6.40. The number of guanidine groups is 1. The number of nitrogens with one attached hydrogen (secondary N) is 2. The molecule has 100 valence electrons. The Hall–Kier alpha value is -1.55. The molecule has 0 amide bonds. The maximum Gasteiger partial charge on any atom is 0.193 e. The summed E-state index contributed by atoms with van der Waals surface area (Å²) in [7, 11) is 0. The predicted molar refractivity (Wildman–Crippen MR) is 79.0 cm³/mol. The van der Waals surface area contributed by atoms with Crippen LogP contribution in [0.25, 0.3) is 0 Å². The molecule has 0 aromatic heterocycles. The zero-order chi connectivity index (χ0) is 13.6. The Bertz CT molecular complexity index is 387. The van der Waals surface area contributed by atoms with E-state index in [2.05, 4.69) is 43.3 Å². The van der Waals surface area contributed by atoms with Crippen molar-refractivity contribution in [3.05, 3.63) is 29.8 Å². The number of hydrogen-bond donors (Lipinski definition) is 3. The summed E-state index contributed by atoms with van der Waals surface area (Å²) >= 11 is 0. The lowest BCUT2D eigenvalue weighted by Crippen LogP contribution is -2.37. The molecule has 4 nitrogen and oxygen atoms in total. The summed E-state index contributed by atoms with van der Waals surface area (Å²) in [5, 5.41) is 6.42. The minimum atomic E-state index is 0.120. The zero-order valence-electron chi connectivity index (χ0n) is 11.7. The first-order chi connectivity index (χ1) is 8.37. The summed E-state index contributed by atoms with van der Waals surface area (Å²) in [5.74, 6) is 0.453. The molecule has 18 heavy (non-hydrogen) atoms. The smallest absolute Gasteiger partial charge is 0.193 e. The van der Waals surface area contributed by atoms with Crippen molar-refractivity contribution < 1.29 is 0 Å². The number of benzene rings is 1. The second-order valence-electron chi connectivity index (χ2n) is 5.43. The van der Waals surface area contributed by atoms with Gasteiger partial charge in [0, 0.05) is 17.8 Å². The van der Waals surface area contributed by atoms with Gasteiger partial charge in [0.15, 0.2) is 5.96 Å². The van der Waals surface area contributed by atoms with Gasteiger partial charge in [0.1, 0.15) is 0 Å². The average molecular weight is 248 g/mol. The van der Waals surface area contributed by atoms with Gasteiger partial charge in [0.05, 0.1) is 6.54 Å². The highest BCUT2D eigenvalue weighted by Gasteiger charge is 2.06. The van der Waals surface area contributed by atoms with Gasteiger partial charge < -0.3 is 16.4 Å². The van der Waals surface area contributed by atoms with Crippen LogP contribution in [0.1, 0.15) is 26.3 Å². The maximum atomic E-state index is 5.80. The van der Waals surface area contributed by atoms with Crippen LogP contribution in [-0.4, -0.2) is 24.6 Å². The van der Waals surface area contributed by atoms with Gasteiger partial charge in [-0.1, -0.05) is 17.7 Å². The molecular weight excluding hydrogens is 224 g/mol. The molecule has 1 aromatic carbocycles. The molecule has 0 radical (unpaired) electrons. The fourth-order valence-electron chi connectivity index (χ4n) is 1.43. The monoisotopic (exact) mass is 248 g/mol. The zero-order valence-corrected chi connectivity index (χ0v) is 11.7. The highest BCUT2D eigenvalue weighted by molar-refractivity contribution is 5.92. The third-order valence-corrected chi connectivity index (χ3v) is 2.37. The molecule has 0 heterocycles. The molecule has 0 fully saturated rings. The van der Waals surface area contributed by atoms with Crippen LogP contribution in [0.5, 0.6) is 0 Å². The first kappa shape index (κ1) is 14.5. The Labute approximate surface area is 110 Å².